The molecule has 1 saturated carbocycles. The molecule has 0 spiro atoms. The van der Waals surface area contributed by atoms with E-state index in [0.717, 1.165) is 19.3 Å². The minimum absolute atomic E-state index is 0. The van der Waals surface area contributed by atoms with E-state index in [1.807, 2.05) is 0 Å². The highest BCUT2D eigenvalue weighted by molar-refractivity contribution is 5.85. The molecule has 0 heterocycles. The molecule has 0 aromatic heterocycles. The van der Waals surface area contributed by atoms with Gasteiger partial charge in [-0.25, -0.2) is 0 Å². The van der Waals surface area contributed by atoms with Crippen LogP contribution >= 0.6 is 12.4 Å². The van der Waals surface area contributed by atoms with Gasteiger partial charge >= 0.3 is 5.97 Å². The van der Waals surface area contributed by atoms with E-state index < -0.39 is 0 Å². The summed E-state index contributed by atoms with van der Waals surface area (Å²) in [7, 11) is 1.33. The highest BCUT2D eigenvalue weighted by Gasteiger charge is 2.27. The summed E-state index contributed by atoms with van der Waals surface area (Å²) < 4.78 is 4.46. The molecule has 0 aliphatic heterocycles. The number of carbonyl (C=O) groups is 2. The maximum Gasteiger partial charge on any atom is 0.307 e. The first-order chi connectivity index (χ1) is 7.13. The smallest absolute Gasteiger partial charge is 0.307 e. The van der Waals surface area contributed by atoms with Crippen LogP contribution < -0.4 is 11.1 Å². The zero-order chi connectivity index (χ0) is 11.3. The second kappa shape index (κ2) is 7.46. The summed E-state index contributed by atoms with van der Waals surface area (Å²) in [6.07, 6.45) is 2.74. The zero-order valence-corrected chi connectivity index (χ0v) is 10.2. The summed E-state index contributed by atoms with van der Waals surface area (Å²) in [5.41, 5.74) is 5.71. The minimum atomic E-state index is -0.307. The van der Waals surface area contributed by atoms with Gasteiger partial charge in [-0.1, -0.05) is 0 Å². The van der Waals surface area contributed by atoms with Crippen LogP contribution in [0, 0.1) is 5.92 Å². The molecule has 0 aromatic rings. The van der Waals surface area contributed by atoms with Gasteiger partial charge in [0.1, 0.15) is 0 Å². The van der Waals surface area contributed by atoms with Gasteiger partial charge in [0.15, 0.2) is 0 Å². The number of nitrogens with one attached hydrogen (secondary N) is 1. The van der Waals surface area contributed by atoms with Crippen molar-refractivity contribution in [3.63, 3.8) is 0 Å². The molecule has 0 saturated heterocycles. The number of hydrogen-bond donors (Lipinski definition) is 2. The van der Waals surface area contributed by atoms with Crippen LogP contribution in [-0.4, -0.2) is 31.6 Å². The van der Waals surface area contributed by atoms with E-state index in [1.165, 1.54) is 7.11 Å². The second-order valence-electron chi connectivity index (χ2n) is 3.89. The molecule has 0 bridgehead atoms. The lowest BCUT2D eigenvalue weighted by molar-refractivity contribution is -0.140. The number of halogens is 1. The van der Waals surface area contributed by atoms with Gasteiger partial charge in [0.05, 0.1) is 13.5 Å². The summed E-state index contributed by atoms with van der Waals surface area (Å²) in [5.74, 6) is -0.275. The van der Waals surface area contributed by atoms with E-state index in [-0.39, 0.29) is 42.7 Å². The molecule has 1 amide bonds. The van der Waals surface area contributed by atoms with E-state index in [1.54, 1.807) is 0 Å². The van der Waals surface area contributed by atoms with Gasteiger partial charge in [0, 0.05) is 18.5 Å². The van der Waals surface area contributed by atoms with Crippen LogP contribution in [0.2, 0.25) is 0 Å². The van der Waals surface area contributed by atoms with Gasteiger partial charge in [-0.05, 0) is 19.3 Å². The average molecular weight is 251 g/mol. The normalized spacial score (nSPS) is 23.4. The molecule has 94 valence electrons. The predicted octanol–water partition coefficient (Wildman–Crippen LogP) is 0.215. The summed E-state index contributed by atoms with van der Waals surface area (Å²) in [6, 6.07) is 0.154. The van der Waals surface area contributed by atoms with E-state index in [0.29, 0.717) is 6.54 Å². The van der Waals surface area contributed by atoms with Gasteiger partial charge in [-0.15, -0.1) is 12.4 Å². The van der Waals surface area contributed by atoms with Crippen molar-refractivity contribution >= 4 is 24.3 Å². The Kier molecular flexibility index (Phi) is 7.08. The van der Waals surface area contributed by atoms with Crippen LogP contribution in [-0.2, 0) is 14.3 Å². The summed E-state index contributed by atoms with van der Waals surface area (Å²) >= 11 is 0. The summed E-state index contributed by atoms with van der Waals surface area (Å²) in [4.78, 5) is 22.3. The highest BCUT2D eigenvalue weighted by atomic mass is 35.5. The molecule has 16 heavy (non-hydrogen) atoms. The monoisotopic (exact) mass is 250 g/mol. The molecule has 6 heteroatoms. The molecule has 5 nitrogen and oxygen atoms in total. The quantitative estimate of drug-likeness (QED) is 0.699. The molecule has 0 radical (unpaired) electrons. The van der Waals surface area contributed by atoms with Crippen molar-refractivity contribution in [2.45, 2.75) is 31.7 Å². The number of hydrogen-bond acceptors (Lipinski definition) is 4. The van der Waals surface area contributed by atoms with Gasteiger partial charge in [0.25, 0.3) is 0 Å². The number of methoxy groups -OCH3 is 1. The molecule has 2 atom stereocenters. The van der Waals surface area contributed by atoms with Crippen molar-refractivity contribution in [2.24, 2.45) is 11.7 Å². The Labute approximate surface area is 101 Å². The number of carbonyl (C=O) groups excluding carboxylic acids is 2. The molecule has 1 rings (SSSR count). The molecule has 3 N–H and O–H groups in total. The molecule has 2 unspecified atom stereocenters. The molecule has 1 aliphatic rings. The van der Waals surface area contributed by atoms with Crippen LogP contribution in [0.15, 0.2) is 0 Å². The Morgan fingerprint density at radius 2 is 2.12 bits per heavy atom. The number of rotatable bonds is 4. The maximum atomic E-state index is 11.5. The zero-order valence-electron chi connectivity index (χ0n) is 9.40. The van der Waals surface area contributed by atoms with E-state index in [4.69, 9.17) is 5.73 Å². The topological polar surface area (TPSA) is 81.4 Å². The molecule has 1 aliphatic carbocycles. The average Bonchev–Trinajstić information content (AvgIpc) is 2.64. The summed E-state index contributed by atoms with van der Waals surface area (Å²) in [5, 5.41) is 2.72. The first kappa shape index (κ1) is 15.2. The first-order valence-corrected chi connectivity index (χ1v) is 5.23. The Hall–Kier alpha value is -0.810. The third-order valence-electron chi connectivity index (χ3n) is 2.70. The van der Waals surface area contributed by atoms with Crippen LogP contribution in [0.25, 0.3) is 0 Å². The first-order valence-electron chi connectivity index (χ1n) is 5.23. The van der Waals surface area contributed by atoms with Crippen LogP contribution in [0.4, 0.5) is 0 Å². The molecular formula is C10H19ClN2O3. The van der Waals surface area contributed by atoms with Crippen molar-refractivity contribution in [2.75, 3.05) is 13.7 Å². The Morgan fingerprint density at radius 3 is 2.62 bits per heavy atom. The number of amides is 1. The Balaban J connectivity index is 0.00000225. The largest absolute Gasteiger partial charge is 0.469 e. The maximum absolute atomic E-state index is 11.5. The fraction of sp³-hybridized carbons (Fsp3) is 0.800. The second-order valence-corrected chi connectivity index (χ2v) is 3.89. The van der Waals surface area contributed by atoms with Crippen molar-refractivity contribution in [3.05, 3.63) is 0 Å². The van der Waals surface area contributed by atoms with Crippen LogP contribution in [0.5, 0.6) is 0 Å². The van der Waals surface area contributed by atoms with Gasteiger partial charge in [-0.2, -0.15) is 0 Å². The number of nitrogens with two attached hydrogens (primary N) is 1. The van der Waals surface area contributed by atoms with Gasteiger partial charge in [-0.3, -0.25) is 9.59 Å². The third-order valence-corrected chi connectivity index (χ3v) is 2.70. The lowest BCUT2D eigenvalue weighted by Crippen LogP contribution is -2.32. The number of esters is 1. The van der Waals surface area contributed by atoms with E-state index in [9.17, 15) is 9.59 Å². The standard InChI is InChI=1S/C10H18N2O3.ClH/c1-15-9(13)4-5-12-10(14)7-2-3-8(11)6-7;/h7-8H,2-6,11H2,1H3,(H,12,14);1H. The lowest BCUT2D eigenvalue weighted by Gasteiger charge is -2.09. The van der Waals surface area contributed by atoms with E-state index >= 15 is 0 Å². The van der Waals surface area contributed by atoms with Crippen molar-refractivity contribution < 1.29 is 14.3 Å². The van der Waals surface area contributed by atoms with Gasteiger partial charge in [0.2, 0.25) is 5.91 Å². The highest BCUT2D eigenvalue weighted by Crippen LogP contribution is 2.23. The predicted molar refractivity (Wildman–Crippen MR) is 62.2 cm³/mol. The number of ether oxygens (including phenoxy) is 1. The minimum Gasteiger partial charge on any atom is -0.469 e. The molecular weight excluding hydrogens is 232 g/mol. The molecule has 1 fully saturated rings. The van der Waals surface area contributed by atoms with Crippen molar-refractivity contribution in [3.8, 4) is 0 Å². The van der Waals surface area contributed by atoms with Crippen molar-refractivity contribution in [1.82, 2.24) is 5.32 Å². The SMILES string of the molecule is COC(=O)CCNC(=O)C1CCC(N)C1.Cl. The third kappa shape index (κ3) is 4.81. The van der Waals surface area contributed by atoms with Crippen LogP contribution in [0.3, 0.4) is 0 Å². The lowest BCUT2D eigenvalue weighted by atomic mass is 10.1. The Morgan fingerprint density at radius 1 is 1.44 bits per heavy atom. The van der Waals surface area contributed by atoms with Crippen LogP contribution in [0.1, 0.15) is 25.7 Å². The fourth-order valence-corrected chi connectivity index (χ4v) is 1.79. The van der Waals surface area contributed by atoms with Crippen molar-refractivity contribution in [1.29, 1.82) is 0 Å². The van der Waals surface area contributed by atoms with Gasteiger partial charge < -0.3 is 15.8 Å². The molecule has 0 aromatic carbocycles. The Bertz CT molecular complexity index is 248. The fourth-order valence-electron chi connectivity index (χ4n) is 1.79. The van der Waals surface area contributed by atoms with E-state index in [2.05, 4.69) is 10.1 Å². The summed E-state index contributed by atoms with van der Waals surface area (Å²) in [6.45, 7) is 0.344.